The molecule has 0 atom stereocenters. The van der Waals surface area contributed by atoms with Gasteiger partial charge in [0.25, 0.3) is 0 Å². The van der Waals surface area contributed by atoms with Gasteiger partial charge in [0.05, 0.1) is 5.60 Å². The molecular weight excluding hydrogens is 115 g/mol. The maximum absolute atomic E-state index is 8.71. The molecule has 0 aliphatic heterocycles. The molecule has 0 radical (unpaired) electrons. The number of hydrogen-bond acceptors (Lipinski definition) is 1. The molecule has 1 N–H and O–H groups in total. The molecule has 0 aromatic rings. The molecule has 0 aromatic carbocycles. The first-order chi connectivity index (χ1) is 2.56. The van der Waals surface area contributed by atoms with E-state index < -0.39 is 5.60 Å². The third-order valence-corrected chi connectivity index (χ3v) is 0.500. The summed E-state index contributed by atoms with van der Waals surface area (Å²) < 4.78 is 0. The molecule has 1 nitrogen and oxygen atoms in total. The van der Waals surface area contributed by atoms with Crippen molar-refractivity contribution in [3.8, 4) is 0 Å². The van der Waals surface area contributed by atoms with Gasteiger partial charge in [0.2, 0.25) is 0 Å². The molecule has 0 aliphatic carbocycles. The third-order valence-electron chi connectivity index (χ3n) is 0.500. The Bertz CT molecular complexity index is 53.6. The normalized spacial score (nSPS) is 9.57. The van der Waals surface area contributed by atoms with Crippen LogP contribution in [0, 0.1) is 0 Å². The Hall–Kier alpha value is 1.34. The van der Waals surface area contributed by atoms with Crippen LogP contribution in [-0.4, -0.2) is 62.1 Å². The van der Waals surface area contributed by atoms with Crippen LogP contribution in [-0.2, 0) is 0 Å². The predicted octanol–water partition coefficient (Wildman–Crippen LogP) is 0.295. The summed E-state index contributed by atoms with van der Waals surface area (Å²) in [5, 5.41) is 8.71. The van der Waals surface area contributed by atoms with E-state index >= 15 is 0 Å². The molecule has 0 unspecified atom stereocenters. The second kappa shape index (κ2) is 4.24. The van der Waals surface area contributed by atoms with Gasteiger partial charge in [-0.3, -0.25) is 0 Å². The Morgan fingerprint density at radius 1 is 1.57 bits per heavy atom. The Kier molecular flexibility index (Phi) is 6.77. The van der Waals surface area contributed by atoms with Crippen LogP contribution in [0.5, 0.6) is 0 Å². The molecule has 0 aromatic heterocycles. The topological polar surface area (TPSA) is 20.2 Å². The molecule has 0 rings (SSSR count). The molecule has 0 fully saturated rings. The van der Waals surface area contributed by atoms with Crippen molar-refractivity contribution in [2.45, 2.75) is 19.4 Å². The predicted molar refractivity (Wildman–Crippen MR) is 33.6 cm³/mol. The van der Waals surface area contributed by atoms with E-state index in [-0.39, 0.29) is 51.4 Å². The second-order valence-corrected chi connectivity index (χ2v) is 1.86. The number of hydrogen-bond donors (Lipinski definition) is 1. The van der Waals surface area contributed by atoms with Gasteiger partial charge in [0.1, 0.15) is 0 Å². The monoisotopic (exact) mass is 126 g/mol. The van der Waals surface area contributed by atoms with E-state index in [0.717, 1.165) is 0 Å². The van der Waals surface area contributed by atoms with Gasteiger partial charge in [-0.15, -0.1) is 6.58 Å². The fourth-order valence-corrected chi connectivity index (χ4v) is 0. The summed E-state index contributed by atoms with van der Waals surface area (Å²) in [4.78, 5) is 0. The van der Waals surface area contributed by atoms with Crippen LogP contribution in [0.4, 0.5) is 0 Å². The van der Waals surface area contributed by atoms with E-state index in [2.05, 4.69) is 6.58 Å². The zero-order valence-electron chi connectivity index (χ0n) is 4.23. The van der Waals surface area contributed by atoms with Gasteiger partial charge in [0, 0.05) is 0 Å². The summed E-state index contributed by atoms with van der Waals surface area (Å²) in [6.07, 6.45) is 1.49. The van der Waals surface area contributed by atoms with Crippen molar-refractivity contribution in [2.24, 2.45) is 0 Å². The van der Waals surface area contributed by atoms with E-state index in [1.807, 2.05) is 0 Å². The van der Waals surface area contributed by atoms with Crippen molar-refractivity contribution >= 4 is 51.4 Å². The Balaban J connectivity index is 0. The van der Waals surface area contributed by atoms with Gasteiger partial charge in [-0.25, -0.2) is 0 Å². The van der Waals surface area contributed by atoms with Crippen molar-refractivity contribution in [3.05, 3.63) is 12.7 Å². The van der Waals surface area contributed by atoms with Gasteiger partial charge >= 0.3 is 51.4 Å². The Morgan fingerprint density at radius 2 is 1.71 bits per heavy atom. The summed E-state index contributed by atoms with van der Waals surface area (Å²) in [7, 11) is 0. The SMILES string of the molecule is C=CC(C)(C)O.[KH]. The molecular formula is C5H11KO. The minimum atomic E-state index is -0.694. The van der Waals surface area contributed by atoms with Gasteiger partial charge in [-0.1, -0.05) is 6.08 Å². The van der Waals surface area contributed by atoms with Crippen LogP contribution < -0.4 is 0 Å². The molecule has 0 aliphatic rings. The van der Waals surface area contributed by atoms with Crippen molar-refractivity contribution < 1.29 is 5.11 Å². The maximum atomic E-state index is 8.71. The van der Waals surface area contributed by atoms with E-state index in [1.165, 1.54) is 6.08 Å². The van der Waals surface area contributed by atoms with Crippen molar-refractivity contribution in [3.63, 3.8) is 0 Å². The Morgan fingerprint density at radius 3 is 1.71 bits per heavy atom. The number of aliphatic hydroxyl groups is 1. The van der Waals surface area contributed by atoms with Crippen LogP contribution in [0.1, 0.15) is 13.8 Å². The fraction of sp³-hybridized carbons (Fsp3) is 0.600. The van der Waals surface area contributed by atoms with Gasteiger partial charge < -0.3 is 5.11 Å². The number of rotatable bonds is 1. The summed E-state index contributed by atoms with van der Waals surface area (Å²) in [6.45, 7) is 6.74. The minimum absolute atomic E-state index is 0. The molecule has 2 heteroatoms. The van der Waals surface area contributed by atoms with Crippen LogP contribution in [0.25, 0.3) is 0 Å². The van der Waals surface area contributed by atoms with Gasteiger partial charge in [0.15, 0.2) is 0 Å². The van der Waals surface area contributed by atoms with E-state index in [9.17, 15) is 0 Å². The molecule has 0 saturated carbocycles. The van der Waals surface area contributed by atoms with Crippen LogP contribution in [0.15, 0.2) is 12.7 Å². The van der Waals surface area contributed by atoms with Crippen molar-refractivity contribution in [1.82, 2.24) is 0 Å². The molecule has 0 saturated heterocycles. The van der Waals surface area contributed by atoms with Gasteiger partial charge in [-0.2, -0.15) is 0 Å². The second-order valence-electron chi connectivity index (χ2n) is 1.86. The molecule has 0 bridgehead atoms. The standard InChI is InChI=1S/C5H10O.K.H/c1-4-5(2,3)6;;/h4,6H,1H2,2-3H3;;. The van der Waals surface area contributed by atoms with E-state index in [1.54, 1.807) is 13.8 Å². The zero-order chi connectivity index (χ0) is 5.21. The molecule has 7 heavy (non-hydrogen) atoms. The molecule has 0 amide bonds. The zero-order valence-corrected chi connectivity index (χ0v) is 4.23. The summed E-state index contributed by atoms with van der Waals surface area (Å²) in [6, 6.07) is 0. The van der Waals surface area contributed by atoms with Crippen LogP contribution >= 0.6 is 0 Å². The van der Waals surface area contributed by atoms with Gasteiger partial charge in [-0.05, 0) is 13.8 Å². The van der Waals surface area contributed by atoms with Crippen LogP contribution in [0.2, 0.25) is 0 Å². The quantitative estimate of drug-likeness (QED) is 0.395. The van der Waals surface area contributed by atoms with Crippen molar-refractivity contribution in [1.29, 1.82) is 0 Å². The molecule has 0 spiro atoms. The average molecular weight is 126 g/mol. The van der Waals surface area contributed by atoms with Crippen molar-refractivity contribution in [2.75, 3.05) is 0 Å². The first-order valence-corrected chi connectivity index (χ1v) is 1.92. The average Bonchev–Trinajstić information content (AvgIpc) is 1.35. The first-order valence-electron chi connectivity index (χ1n) is 1.92. The van der Waals surface area contributed by atoms with Crippen LogP contribution in [0.3, 0.4) is 0 Å². The fourth-order valence-electron chi connectivity index (χ4n) is 0. The summed E-state index contributed by atoms with van der Waals surface area (Å²) >= 11 is 0. The first kappa shape index (κ1) is 11.2. The summed E-state index contributed by atoms with van der Waals surface area (Å²) in [5.74, 6) is 0. The summed E-state index contributed by atoms with van der Waals surface area (Å²) in [5.41, 5.74) is -0.694. The molecule has 38 valence electrons. The molecule has 0 heterocycles. The Labute approximate surface area is 87.2 Å². The third kappa shape index (κ3) is 11.1. The van der Waals surface area contributed by atoms with E-state index in [0.29, 0.717) is 0 Å². The van der Waals surface area contributed by atoms with E-state index in [4.69, 9.17) is 5.11 Å².